The first-order valence-electron chi connectivity index (χ1n) is 7.40. The van der Waals surface area contributed by atoms with Crippen molar-refractivity contribution in [1.29, 1.82) is 0 Å². The minimum atomic E-state index is -0.376. The molecule has 0 bridgehead atoms. The monoisotopic (exact) mass is 315 g/mol. The average Bonchev–Trinajstić information content (AvgIpc) is 2.51. The number of nitrogens with zero attached hydrogens (tertiary/aromatic N) is 1. The molecule has 1 aliphatic rings. The molecule has 4 heteroatoms. The number of benzene rings is 2. The van der Waals surface area contributed by atoms with Gasteiger partial charge < -0.3 is 10.0 Å². The number of amides is 1. The Bertz CT molecular complexity index is 653. The van der Waals surface area contributed by atoms with Crippen LogP contribution in [0.5, 0.6) is 0 Å². The highest BCUT2D eigenvalue weighted by Gasteiger charge is 2.31. The van der Waals surface area contributed by atoms with E-state index in [4.69, 9.17) is 11.6 Å². The van der Waals surface area contributed by atoms with E-state index in [2.05, 4.69) is 0 Å². The van der Waals surface area contributed by atoms with Crippen LogP contribution in [0, 0.1) is 0 Å². The van der Waals surface area contributed by atoms with Crippen LogP contribution in [0.25, 0.3) is 0 Å². The molecular formula is C18H18ClNO2. The minimum absolute atomic E-state index is 0.0547. The van der Waals surface area contributed by atoms with Crippen LogP contribution in [0.1, 0.15) is 23.5 Å². The minimum Gasteiger partial charge on any atom is -0.389 e. The number of hydrogen-bond donors (Lipinski definition) is 1. The molecule has 22 heavy (non-hydrogen) atoms. The molecule has 3 rings (SSSR count). The van der Waals surface area contributed by atoms with Gasteiger partial charge in [0.1, 0.15) is 0 Å². The van der Waals surface area contributed by atoms with Gasteiger partial charge in [-0.2, -0.15) is 0 Å². The number of aliphatic hydroxyl groups is 1. The standard InChI is InChI=1S/C18H18ClNO2/c19-17-9-5-4-8-15(17)16(13-6-2-1-3-7-13)10-18(22)20-11-14(21)12-20/h1-9,14,16,21H,10-12H2. The molecule has 0 aromatic heterocycles. The molecule has 1 atom stereocenters. The van der Waals surface area contributed by atoms with Gasteiger partial charge in [-0.15, -0.1) is 0 Å². The van der Waals surface area contributed by atoms with Gasteiger partial charge in [0.05, 0.1) is 6.10 Å². The van der Waals surface area contributed by atoms with Crippen LogP contribution in [0.2, 0.25) is 5.02 Å². The lowest BCUT2D eigenvalue weighted by Crippen LogP contribution is -2.53. The van der Waals surface area contributed by atoms with Crippen LogP contribution in [-0.2, 0) is 4.79 Å². The summed E-state index contributed by atoms with van der Waals surface area (Å²) in [6, 6.07) is 17.6. The van der Waals surface area contributed by atoms with Gasteiger partial charge in [-0.05, 0) is 17.2 Å². The highest BCUT2D eigenvalue weighted by molar-refractivity contribution is 6.31. The second-order valence-electron chi connectivity index (χ2n) is 5.64. The van der Waals surface area contributed by atoms with Crippen LogP contribution in [0.4, 0.5) is 0 Å². The summed E-state index contributed by atoms with van der Waals surface area (Å²) in [6.07, 6.45) is -0.0139. The third-order valence-corrected chi connectivity index (χ3v) is 4.42. The maximum absolute atomic E-state index is 12.4. The normalized spacial score (nSPS) is 16.2. The maximum atomic E-state index is 12.4. The Kier molecular flexibility index (Phi) is 4.46. The van der Waals surface area contributed by atoms with E-state index in [0.717, 1.165) is 11.1 Å². The first kappa shape index (κ1) is 15.1. The molecule has 1 unspecified atom stereocenters. The molecule has 2 aromatic carbocycles. The van der Waals surface area contributed by atoms with Crippen molar-refractivity contribution in [3.63, 3.8) is 0 Å². The number of carbonyl (C=O) groups is 1. The Morgan fingerprint density at radius 3 is 2.41 bits per heavy atom. The van der Waals surface area contributed by atoms with Crippen molar-refractivity contribution >= 4 is 17.5 Å². The summed E-state index contributed by atoms with van der Waals surface area (Å²) in [4.78, 5) is 14.1. The molecule has 0 radical (unpaired) electrons. The lowest BCUT2D eigenvalue weighted by molar-refractivity contribution is -0.141. The Labute approximate surface area is 135 Å². The predicted molar refractivity (Wildman–Crippen MR) is 86.9 cm³/mol. The third kappa shape index (κ3) is 3.16. The lowest BCUT2D eigenvalue weighted by Gasteiger charge is -2.37. The van der Waals surface area contributed by atoms with Crippen LogP contribution in [0.3, 0.4) is 0 Å². The van der Waals surface area contributed by atoms with Crippen molar-refractivity contribution < 1.29 is 9.90 Å². The SMILES string of the molecule is O=C(CC(c1ccccc1)c1ccccc1Cl)N1CC(O)C1. The van der Waals surface area contributed by atoms with Gasteiger partial charge in [-0.1, -0.05) is 60.1 Å². The van der Waals surface area contributed by atoms with Gasteiger partial charge >= 0.3 is 0 Å². The summed E-state index contributed by atoms with van der Waals surface area (Å²) in [6.45, 7) is 0.867. The summed E-state index contributed by atoms with van der Waals surface area (Å²) in [7, 11) is 0. The fourth-order valence-electron chi connectivity index (χ4n) is 2.81. The number of carbonyl (C=O) groups excluding carboxylic acids is 1. The molecule has 0 spiro atoms. The molecule has 1 amide bonds. The fraction of sp³-hybridized carbons (Fsp3) is 0.278. The van der Waals surface area contributed by atoms with Gasteiger partial charge in [0.15, 0.2) is 0 Å². The number of hydrogen-bond acceptors (Lipinski definition) is 2. The molecule has 1 N–H and O–H groups in total. The summed E-state index contributed by atoms with van der Waals surface area (Å²) < 4.78 is 0. The zero-order chi connectivity index (χ0) is 15.5. The van der Waals surface area contributed by atoms with Crippen molar-refractivity contribution in [1.82, 2.24) is 4.90 Å². The quantitative estimate of drug-likeness (QED) is 0.942. The van der Waals surface area contributed by atoms with E-state index in [0.29, 0.717) is 24.5 Å². The van der Waals surface area contributed by atoms with Gasteiger partial charge in [0.2, 0.25) is 5.91 Å². The van der Waals surface area contributed by atoms with E-state index in [1.54, 1.807) is 4.90 Å². The van der Waals surface area contributed by atoms with E-state index in [1.165, 1.54) is 0 Å². The average molecular weight is 316 g/mol. The van der Waals surface area contributed by atoms with E-state index in [1.807, 2.05) is 54.6 Å². The molecular weight excluding hydrogens is 298 g/mol. The second kappa shape index (κ2) is 6.51. The highest BCUT2D eigenvalue weighted by atomic mass is 35.5. The first-order valence-corrected chi connectivity index (χ1v) is 7.78. The molecule has 0 saturated carbocycles. The fourth-order valence-corrected chi connectivity index (χ4v) is 3.08. The Morgan fingerprint density at radius 2 is 1.77 bits per heavy atom. The van der Waals surface area contributed by atoms with Gasteiger partial charge in [0.25, 0.3) is 0 Å². The topological polar surface area (TPSA) is 40.5 Å². The molecule has 1 fully saturated rings. The van der Waals surface area contributed by atoms with E-state index in [-0.39, 0.29) is 17.9 Å². The van der Waals surface area contributed by atoms with Crippen LogP contribution in [-0.4, -0.2) is 35.1 Å². The van der Waals surface area contributed by atoms with Gasteiger partial charge in [-0.25, -0.2) is 0 Å². The molecule has 2 aromatic rings. The van der Waals surface area contributed by atoms with E-state index in [9.17, 15) is 9.90 Å². The highest BCUT2D eigenvalue weighted by Crippen LogP contribution is 2.33. The second-order valence-corrected chi connectivity index (χ2v) is 6.05. The van der Waals surface area contributed by atoms with Gasteiger partial charge in [0, 0.05) is 30.5 Å². The summed E-state index contributed by atoms with van der Waals surface area (Å²) in [5.74, 6) is -0.0146. The largest absolute Gasteiger partial charge is 0.389 e. The predicted octanol–water partition coefficient (Wildman–Crippen LogP) is 3.07. The smallest absolute Gasteiger partial charge is 0.223 e. The Hall–Kier alpha value is -1.84. The molecule has 1 heterocycles. The number of rotatable bonds is 4. The van der Waals surface area contributed by atoms with E-state index < -0.39 is 0 Å². The number of β-amino-alcohol motifs (C(OH)–C–C–N with tert-alkyl or cyclic N) is 1. The van der Waals surface area contributed by atoms with E-state index >= 15 is 0 Å². The number of aliphatic hydroxyl groups excluding tert-OH is 1. The van der Waals surface area contributed by atoms with Crippen LogP contribution >= 0.6 is 11.6 Å². The van der Waals surface area contributed by atoms with Crippen molar-refractivity contribution in [2.24, 2.45) is 0 Å². The molecule has 0 aliphatic carbocycles. The zero-order valence-electron chi connectivity index (χ0n) is 12.2. The lowest BCUT2D eigenvalue weighted by atomic mass is 9.87. The summed E-state index contributed by atoms with van der Waals surface area (Å²) >= 11 is 6.34. The zero-order valence-corrected chi connectivity index (χ0v) is 12.9. The molecule has 1 saturated heterocycles. The maximum Gasteiger partial charge on any atom is 0.223 e. The van der Waals surface area contributed by atoms with Crippen molar-refractivity contribution in [3.8, 4) is 0 Å². The third-order valence-electron chi connectivity index (χ3n) is 4.08. The van der Waals surface area contributed by atoms with Crippen molar-refractivity contribution in [3.05, 3.63) is 70.7 Å². The van der Waals surface area contributed by atoms with Crippen LogP contribution in [0.15, 0.2) is 54.6 Å². The van der Waals surface area contributed by atoms with Crippen molar-refractivity contribution in [2.75, 3.05) is 13.1 Å². The van der Waals surface area contributed by atoms with Crippen LogP contribution < -0.4 is 0 Å². The molecule has 3 nitrogen and oxygen atoms in total. The Balaban J connectivity index is 1.87. The molecule has 1 aliphatic heterocycles. The van der Waals surface area contributed by atoms with Crippen molar-refractivity contribution in [2.45, 2.75) is 18.4 Å². The number of halogens is 1. The number of likely N-dealkylation sites (tertiary alicyclic amines) is 1. The Morgan fingerprint density at radius 1 is 1.14 bits per heavy atom. The summed E-state index contributed by atoms with van der Waals surface area (Å²) in [5.41, 5.74) is 2.04. The molecule has 114 valence electrons. The van der Waals surface area contributed by atoms with Gasteiger partial charge in [-0.3, -0.25) is 4.79 Å². The summed E-state index contributed by atoms with van der Waals surface area (Å²) in [5, 5.41) is 10.0. The first-order chi connectivity index (χ1) is 10.6.